The van der Waals surface area contributed by atoms with Gasteiger partial charge in [-0.3, -0.25) is 4.79 Å². The number of hydrogen-bond acceptors (Lipinski definition) is 3. The smallest absolute Gasteiger partial charge is 0.235 e. The number of hydrogen-bond donors (Lipinski definition) is 1. The molecule has 0 radical (unpaired) electrons. The molecule has 2 aliphatic rings. The normalized spacial score (nSPS) is 27.1. The zero-order chi connectivity index (χ0) is 12.1. The number of amides is 1. The minimum Gasteiger partial charge on any atom is -0.342 e. The molecule has 1 unspecified atom stereocenters. The van der Waals surface area contributed by atoms with Gasteiger partial charge in [-0.25, -0.2) is 0 Å². The Kier molecular flexibility index (Phi) is 5.16. The number of piperidine rings is 1. The van der Waals surface area contributed by atoms with Gasteiger partial charge < -0.3 is 10.6 Å². The van der Waals surface area contributed by atoms with Gasteiger partial charge >= 0.3 is 0 Å². The molecule has 98 valence electrons. The molecule has 0 aliphatic carbocycles. The topological polar surface area (TPSA) is 46.3 Å². The van der Waals surface area contributed by atoms with Crippen molar-refractivity contribution in [1.82, 2.24) is 4.90 Å². The van der Waals surface area contributed by atoms with Gasteiger partial charge in [0.25, 0.3) is 0 Å². The van der Waals surface area contributed by atoms with Crippen LogP contribution in [0, 0.1) is 5.92 Å². The van der Waals surface area contributed by atoms with Gasteiger partial charge in [-0.05, 0) is 50.3 Å². The highest BCUT2D eigenvalue weighted by Crippen LogP contribution is 2.28. The SMILES string of the molecule is NCCC1CCN(C(=O)C2CCCCS2)CC1. The first-order chi connectivity index (χ1) is 8.31. The molecule has 0 spiro atoms. The van der Waals surface area contributed by atoms with Gasteiger partial charge in [0.1, 0.15) is 0 Å². The number of carbonyl (C=O) groups is 1. The molecule has 0 saturated carbocycles. The van der Waals surface area contributed by atoms with Crippen LogP contribution in [0.2, 0.25) is 0 Å². The van der Waals surface area contributed by atoms with E-state index >= 15 is 0 Å². The Morgan fingerprint density at radius 3 is 2.59 bits per heavy atom. The quantitative estimate of drug-likeness (QED) is 0.838. The fraction of sp³-hybridized carbons (Fsp3) is 0.923. The summed E-state index contributed by atoms with van der Waals surface area (Å²) >= 11 is 1.86. The van der Waals surface area contributed by atoms with Gasteiger partial charge in [-0.15, -0.1) is 11.8 Å². The molecule has 2 N–H and O–H groups in total. The van der Waals surface area contributed by atoms with Crippen molar-refractivity contribution >= 4 is 17.7 Å². The molecule has 1 amide bonds. The van der Waals surface area contributed by atoms with E-state index in [-0.39, 0.29) is 5.25 Å². The zero-order valence-electron chi connectivity index (χ0n) is 10.6. The zero-order valence-corrected chi connectivity index (χ0v) is 11.4. The Morgan fingerprint density at radius 2 is 2.00 bits per heavy atom. The van der Waals surface area contributed by atoms with Gasteiger partial charge in [0.2, 0.25) is 5.91 Å². The molecule has 2 aliphatic heterocycles. The van der Waals surface area contributed by atoms with Gasteiger partial charge in [0.15, 0.2) is 0 Å². The Bertz CT molecular complexity index is 246. The number of nitrogens with zero attached hydrogens (tertiary/aromatic N) is 1. The number of carbonyl (C=O) groups excluding carboxylic acids is 1. The standard InChI is InChI=1S/C13H24N2OS/c14-7-4-11-5-8-15(9-6-11)13(16)12-3-1-2-10-17-12/h11-12H,1-10,14H2. The molecule has 4 heteroatoms. The Labute approximate surface area is 108 Å². The molecule has 2 heterocycles. The van der Waals surface area contributed by atoms with Crippen molar-refractivity contribution in [1.29, 1.82) is 0 Å². The summed E-state index contributed by atoms with van der Waals surface area (Å²) in [6.07, 6.45) is 7.03. The maximum absolute atomic E-state index is 12.3. The van der Waals surface area contributed by atoms with Crippen LogP contribution in [0.5, 0.6) is 0 Å². The maximum Gasteiger partial charge on any atom is 0.235 e. The second-order valence-corrected chi connectivity index (χ2v) is 6.51. The molecule has 1 atom stereocenters. The second-order valence-electron chi connectivity index (χ2n) is 5.20. The number of nitrogens with two attached hydrogens (primary N) is 1. The van der Waals surface area contributed by atoms with Crippen LogP contribution in [0.3, 0.4) is 0 Å². The maximum atomic E-state index is 12.3. The van der Waals surface area contributed by atoms with Crippen LogP contribution in [0.15, 0.2) is 0 Å². The lowest BCUT2D eigenvalue weighted by atomic mass is 9.93. The Balaban J connectivity index is 1.77. The minimum absolute atomic E-state index is 0.259. The van der Waals surface area contributed by atoms with Crippen molar-refractivity contribution in [2.24, 2.45) is 11.7 Å². The summed E-state index contributed by atoms with van der Waals surface area (Å²) in [6, 6.07) is 0. The van der Waals surface area contributed by atoms with Crippen LogP contribution in [0.4, 0.5) is 0 Å². The summed E-state index contributed by atoms with van der Waals surface area (Å²) in [7, 11) is 0. The molecule has 2 fully saturated rings. The summed E-state index contributed by atoms with van der Waals surface area (Å²) in [5.74, 6) is 2.32. The van der Waals surface area contributed by atoms with Gasteiger partial charge in [0.05, 0.1) is 5.25 Å². The van der Waals surface area contributed by atoms with E-state index in [2.05, 4.69) is 4.90 Å². The minimum atomic E-state index is 0.259. The highest BCUT2D eigenvalue weighted by Gasteiger charge is 2.29. The van der Waals surface area contributed by atoms with Crippen LogP contribution in [-0.4, -0.2) is 41.4 Å². The van der Waals surface area contributed by atoms with Crippen molar-refractivity contribution in [2.45, 2.75) is 43.8 Å². The highest BCUT2D eigenvalue weighted by atomic mass is 32.2. The lowest BCUT2D eigenvalue weighted by molar-refractivity contribution is -0.132. The molecule has 3 nitrogen and oxygen atoms in total. The average molecular weight is 256 g/mol. The van der Waals surface area contributed by atoms with Gasteiger partial charge in [-0.1, -0.05) is 6.42 Å². The number of likely N-dealkylation sites (tertiary alicyclic amines) is 1. The summed E-state index contributed by atoms with van der Waals surface area (Å²) in [5, 5.41) is 0.259. The largest absolute Gasteiger partial charge is 0.342 e. The first kappa shape index (κ1) is 13.2. The number of thioether (sulfide) groups is 1. The van der Waals surface area contributed by atoms with E-state index in [9.17, 15) is 4.79 Å². The van der Waals surface area contributed by atoms with E-state index in [1.165, 1.54) is 18.6 Å². The third-order valence-corrected chi connectivity index (χ3v) is 5.32. The molecule has 0 aromatic heterocycles. The Morgan fingerprint density at radius 1 is 1.24 bits per heavy atom. The summed E-state index contributed by atoms with van der Waals surface area (Å²) in [5.41, 5.74) is 5.59. The van der Waals surface area contributed by atoms with E-state index in [1.807, 2.05) is 11.8 Å². The van der Waals surface area contributed by atoms with Crippen LogP contribution >= 0.6 is 11.8 Å². The van der Waals surface area contributed by atoms with Crippen molar-refractivity contribution in [2.75, 3.05) is 25.4 Å². The summed E-state index contributed by atoms with van der Waals surface area (Å²) in [4.78, 5) is 14.4. The summed E-state index contributed by atoms with van der Waals surface area (Å²) < 4.78 is 0. The van der Waals surface area contributed by atoms with E-state index in [0.717, 1.165) is 51.2 Å². The predicted molar refractivity (Wildman–Crippen MR) is 73.1 cm³/mol. The molecule has 0 aromatic carbocycles. The first-order valence-corrected chi connectivity index (χ1v) is 7.96. The van der Waals surface area contributed by atoms with Crippen molar-refractivity contribution in [3.63, 3.8) is 0 Å². The van der Waals surface area contributed by atoms with Crippen molar-refractivity contribution in [3.8, 4) is 0 Å². The van der Waals surface area contributed by atoms with E-state index in [4.69, 9.17) is 5.73 Å². The average Bonchev–Trinajstić information content (AvgIpc) is 2.40. The van der Waals surface area contributed by atoms with E-state index in [0.29, 0.717) is 5.91 Å². The third kappa shape index (κ3) is 3.62. The number of rotatable bonds is 3. The van der Waals surface area contributed by atoms with Crippen LogP contribution in [0.25, 0.3) is 0 Å². The molecule has 0 bridgehead atoms. The highest BCUT2D eigenvalue weighted by molar-refractivity contribution is 8.00. The lowest BCUT2D eigenvalue weighted by Crippen LogP contribution is -2.43. The molecule has 17 heavy (non-hydrogen) atoms. The van der Waals surface area contributed by atoms with Gasteiger partial charge in [-0.2, -0.15) is 0 Å². The lowest BCUT2D eigenvalue weighted by Gasteiger charge is -2.34. The fourth-order valence-corrected chi connectivity index (χ4v) is 4.10. The fourth-order valence-electron chi connectivity index (χ4n) is 2.82. The van der Waals surface area contributed by atoms with E-state index < -0.39 is 0 Å². The van der Waals surface area contributed by atoms with Crippen LogP contribution in [0.1, 0.15) is 38.5 Å². The van der Waals surface area contributed by atoms with E-state index in [1.54, 1.807) is 0 Å². The molecule has 0 aromatic rings. The molecular formula is C13H24N2OS. The van der Waals surface area contributed by atoms with Crippen molar-refractivity contribution in [3.05, 3.63) is 0 Å². The van der Waals surface area contributed by atoms with Crippen molar-refractivity contribution < 1.29 is 4.79 Å². The summed E-state index contributed by atoms with van der Waals surface area (Å²) in [6.45, 7) is 2.71. The molecule has 2 saturated heterocycles. The Hall–Kier alpha value is -0.220. The molecular weight excluding hydrogens is 232 g/mol. The van der Waals surface area contributed by atoms with Crippen LogP contribution < -0.4 is 5.73 Å². The predicted octanol–water partition coefficient (Wildman–Crippen LogP) is 1.86. The second kappa shape index (κ2) is 6.64. The monoisotopic (exact) mass is 256 g/mol. The molecule has 2 rings (SSSR count). The third-order valence-electron chi connectivity index (χ3n) is 3.96. The van der Waals surface area contributed by atoms with Crippen LogP contribution in [-0.2, 0) is 4.79 Å². The van der Waals surface area contributed by atoms with Gasteiger partial charge in [0, 0.05) is 13.1 Å². The first-order valence-electron chi connectivity index (χ1n) is 6.91.